The Morgan fingerprint density at radius 2 is 1.85 bits per heavy atom. The smallest absolute Gasteiger partial charge is 0.338 e. The van der Waals surface area contributed by atoms with Crippen molar-refractivity contribution < 1.29 is 28.6 Å². The summed E-state index contributed by atoms with van der Waals surface area (Å²) in [4.78, 5) is 36.3. The number of carbonyl (C=O) groups is 3. The van der Waals surface area contributed by atoms with E-state index in [4.69, 9.17) is 14.2 Å². The lowest BCUT2D eigenvalue weighted by molar-refractivity contribution is -0.122. The second-order valence-electron chi connectivity index (χ2n) is 6.91. The Morgan fingerprint density at radius 3 is 2.53 bits per heavy atom. The molecule has 10 nitrogen and oxygen atoms in total. The van der Waals surface area contributed by atoms with Crippen LogP contribution in [0.3, 0.4) is 0 Å². The van der Waals surface area contributed by atoms with Crippen molar-refractivity contribution >= 4 is 46.6 Å². The number of nitrogens with zero attached hydrogens (tertiary/aromatic N) is 2. The first-order valence-corrected chi connectivity index (χ1v) is 11.2. The minimum atomic E-state index is -0.631. The van der Waals surface area contributed by atoms with Gasteiger partial charge in [0.25, 0.3) is 0 Å². The van der Waals surface area contributed by atoms with Crippen LogP contribution in [0.5, 0.6) is 11.5 Å². The number of anilines is 1. The Bertz CT molecular complexity index is 1120. The molecule has 1 fully saturated rings. The van der Waals surface area contributed by atoms with Crippen molar-refractivity contribution in [1.82, 2.24) is 5.32 Å². The van der Waals surface area contributed by atoms with E-state index in [0.29, 0.717) is 27.9 Å². The highest BCUT2D eigenvalue weighted by molar-refractivity contribution is 8.15. The highest BCUT2D eigenvalue weighted by Gasteiger charge is 2.32. The summed E-state index contributed by atoms with van der Waals surface area (Å²) in [6.45, 7) is 2.01. The highest BCUT2D eigenvalue weighted by Crippen LogP contribution is 2.27. The van der Waals surface area contributed by atoms with E-state index in [1.165, 1.54) is 6.21 Å². The number of nitrogens with one attached hydrogen (secondary N) is 2. The standard InChI is InChI=1S/C23H24N4O6S/c1-4-33-22(30)15-6-8-16(9-7-15)25-20(28)12-19-21(29)26-23(34-19)27-24-13-14-5-10-17(31-2)18(11-14)32-3/h5-11,13,19H,4,12H2,1-3H3,(H,25,28)(H,26,27,29). The molecule has 1 unspecified atom stereocenters. The largest absolute Gasteiger partial charge is 0.493 e. The van der Waals surface area contributed by atoms with Crippen LogP contribution in [0.2, 0.25) is 0 Å². The van der Waals surface area contributed by atoms with Crippen molar-refractivity contribution in [2.75, 3.05) is 26.1 Å². The number of ether oxygens (including phenoxy) is 3. The molecule has 2 amide bonds. The van der Waals surface area contributed by atoms with Crippen molar-refractivity contribution in [3.05, 3.63) is 53.6 Å². The summed E-state index contributed by atoms with van der Waals surface area (Å²) in [5, 5.41) is 13.0. The molecule has 178 valence electrons. The van der Waals surface area contributed by atoms with Gasteiger partial charge < -0.3 is 24.8 Å². The van der Waals surface area contributed by atoms with E-state index >= 15 is 0 Å². The van der Waals surface area contributed by atoms with Gasteiger partial charge in [0.05, 0.1) is 32.6 Å². The molecule has 3 rings (SSSR count). The molecule has 0 bridgehead atoms. The Hall–Kier alpha value is -3.86. The number of amides is 2. The fraction of sp³-hybridized carbons (Fsp3) is 0.261. The van der Waals surface area contributed by atoms with E-state index in [1.807, 2.05) is 0 Å². The van der Waals surface area contributed by atoms with E-state index in [1.54, 1.807) is 63.6 Å². The molecule has 1 heterocycles. The number of rotatable bonds is 9. The Kier molecular flexibility index (Phi) is 8.63. The first-order valence-electron chi connectivity index (χ1n) is 10.3. The second kappa shape index (κ2) is 11.8. The molecule has 34 heavy (non-hydrogen) atoms. The van der Waals surface area contributed by atoms with Crippen LogP contribution in [0, 0.1) is 0 Å². The summed E-state index contributed by atoms with van der Waals surface area (Å²) in [6.07, 6.45) is 1.47. The van der Waals surface area contributed by atoms with Crippen molar-refractivity contribution in [3.63, 3.8) is 0 Å². The zero-order valence-electron chi connectivity index (χ0n) is 18.9. The summed E-state index contributed by atoms with van der Waals surface area (Å²) >= 11 is 1.13. The van der Waals surface area contributed by atoms with Crippen LogP contribution in [0.15, 0.2) is 52.7 Å². The lowest BCUT2D eigenvalue weighted by Crippen LogP contribution is -2.28. The Labute approximate surface area is 200 Å². The van der Waals surface area contributed by atoms with Crippen molar-refractivity contribution in [1.29, 1.82) is 0 Å². The molecule has 0 aliphatic carbocycles. The molecule has 11 heteroatoms. The van der Waals surface area contributed by atoms with E-state index in [-0.39, 0.29) is 24.8 Å². The quantitative estimate of drug-likeness (QED) is 0.318. The number of benzene rings is 2. The zero-order chi connectivity index (χ0) is 24.5. The van der Waals surface area contributed by atoms with Crippen molar-refractivity contribution in [2.24, 2.45) is 10.2 Å². The molecule has 1 atom stereocenters. The summed E-state index contributed by atoms with van der Waals surface area (Å²) in [5.74, 6) is 0.0642. The monoisotopic (exact) mass is 484 g/mol. The van der Waals surface area contributed by atoms with E-state index in [2.05, 4.69) is 20.8 Å². The van der Waals surface area contributed by atoms with Gasteiger partial charge in [0.2, 0.25) is 11.8 Å². The topological polar surface area (TPSA) is 128 Å². The van der Waals surface area contributed by atoms with Gasteiger partial charge in [0, 0.05) is 12.1 Å². The summed E-state index contributed by atoms with van der Waals surface area (Å²) in [6, 6.07) is 11.6. The average molecular weight is 485 g/mol. The first-order chi connectivity index (χ1) is 16.4. The van der Waals surface area contributed by atoms with E-state index in [0.717, 1.165) is 17.3 Å². The molecular weight excluding hydrogens is 460 g/mol. The van der Waals surface area contributed by atoms with Crippen LogP contribution in [0.1, 0.15) is 29.3 Å². The van der Waals surface area contributed by atoms with Gasteiger partial charge in [0.15, 0.2) is 16.7 Å². The third kappa shape index (κ3) is 6.58. The molecule has 2 aromatic carbocycles. The van der Waals surface area contributed by atoms with Gasteiger partial charge >= 0.3 is 5.97 Å². The Morgan fingerprint density at radius 1 is 1.12 bits per heavy atom. The third-order valence-corrected chi connectivity index (χ3v) is 5.66. The van der Waals surface area contributed by atoms with Gasteiger partial charge in [-0.1, -0.05) is 11.8 Å². The van der Waals surface area contributed by atoms with Crippen molar-refractivity contribution in [3.8, 4) is 11.5 Å². The lowest BCUT2D eigenvalue weighted by Gasteiger charge is -2.08. The number of thioether (sulfide) groups is 1. The molecule has 0 radical (unpaired) electrons. The van der Waals surface area contributed by atoms with Crippen LogP contribution in [-0.2, 0) is 14.3 Å². The van der Waals surface area contributed by atoms with Crippen molar-refractivity contribution in [2.45, 2.75) is 18.6 Å². The highest BCUT2D eigenvalue weighted by atomic mass is 32.2. The van der Waals surface area contributed by atoms with E-state index < -0.39 is 11.2 Å². The molecule has 1 aliphatic rings. The zero-order valence-corrected chi connectivity index (χ0v) is 19.7. The van der Waals surface area contributed by atoms with Crippen LogP contribution in [0.4, 0.5) is 5.69 Å². The average Bonchev–Trinajstić information content (AvgIpc) is 3.18. The Balaban J connectivity index is 1.54. The molecule has 0 spiro atoms. The number of esters is 1. The lowest BCUT2D eigenvalue weighted by atomic mass is 10.2. The predicted molar refractivity (Wildman–Crippen MR) is 130 cm³/mol. The van der Waals surface area contributed by atoms with Crippen LogP contribution in [0.25, 0.3) is 0 Å². The molecule has 2 aromatic rings. The van der Waals surface area contributed by atoms with Gasteiger partial charge in [-0.3, -0.25) is 9.59 Å². The fourth-order valence-electron chi connectivity index (χ4n) is 2.95. The minimum absolute atomic E-state index is 0.0471. The number of amidine groups is 1. The molecule has 2 N–H and O–H groups in total. The molecular formula is C23H24N4O6S. The SMILES string of the molecule is CCOC(=O)c1ccc(NC(=O)CC2SC(=NN=Cc3ccc(OC)c(OC)c3)NC2=O)cc1. The van der Waals surface area contributed by atoms with Crippen LogP contribution < -0.4 is 20.1 Å². The normalized spacial score (nSPS) is 16.4. The first kappa shape index (κ1) is 24.8. The van der Waals surface area contributed by atoms with Gasteiger partial charge in [-0.05, 0) is 55.0 Å². The molecule has 1 aliphatic heterocycles. The predicted octanol–water partition coefficient (Wildman–Crippen LogP) is 2.83. The number of methoxy groups -OCH3 is 2. The summed E-state index contributed by atoms with van der Waals surface area (Å²) in [5.41, 5.74) is 1.64. The van der Waals surface area contributed by atoms with Crippen LogP contribution in [-0.4, -0.2) is 55.2 Å². The molecule has 0 aromatic heterocycles. The van der Waals surface area contributed by atoms with Gasteiger partial charge in [-0.2, -0.15) is 5.10 Å². The van der Waals surface area contributed by atoms with Gasteiger partial charge in [-0.25, -0.2) is 4.79 Å². The van der Waals surface area contributed by atoms with Crippen LogP contribution >= 0.6 is 11.8 Å². The number of hydrogen-bond acceptors (Lipinski definition) is 9. The van der Waals surface area contributed by atoms with E-state index in [9.17, 15) is 14.4 Å². The summed E-state index contributed by atoms with van der Waals surface area (Å²) < 4.78 is 15.4. The molecule has 1 saturated heterocycles. The fourth-order valence-corrected chi connectivity index (χ4v) is 3.88. The number of hydrogen-bond donors (Lipinski definition) is 2. The molecule has 0 saturated carbocycles. The van der Waals surface area contributed by atoms with Gasteiger partial charge in [0.1, 0.15) is 5.25 Å². The minimum Gasteiger partial charge on any atom is -0.493 e. The number of carbonyl (C=O) groups excluding carboxylic acids is 3. The van der Waals surface area contributed by atoms with Gasteiger partial charge in [-0.15, -0.1) is 5.10 Å². The third-order valence-electron chi connectivity index (χ3n) is 4.59. The second-order valence-corrected chi connectivity index (χ2v) is 8.10. The maximum Gasteiger partial charge on any atom is 0.338 e. The maximum absolute atomic E-state index is 12.4. The summed E-state index contributed by atoms with van der Waals surface area (Å²) in [7, 11) is 3.09. The maximum atomic E-state index is 12.4.